The number of anilines is 1. The maximum absolute atomic E-state index is 11.9. The van der Waals surface area contributed by atoms with Crippen LogP contribution in [0.25, 0.3) is 0 Å². The molecular weight excluding hydrogens is 260 g/mol. The SMILES string of the molecule is Cc1nc(NS(=O)(=O)N(C)CCCN)sc1C. The van der Waals surface area contributed by atoms with Gasteiger partial charge in [0.15, 0.2) is 5.13 Å². The van der Waals surface area contributed by atoms with Crippen LogP contribution in [-0.4, -0.2) is 37.8 Å². The zero-order valence-corrected chi connectivity index (χ0v) is 11.9. The van der Waals surface area contributed by atoms with Crippen LogP contribution in [-0.2, 0) is 10.2 Å². The predicted molar refractivity (Wildman–Crippen MR) is 70.4 cm³/mol. The molecule has 3 N–H and O–H groups in total. The molecule has 0 aliphatic rings. The molecule has 0 spiro atoms. The van der Waals surface area contributed by atoms with Crippen LogP contribution in [0.4, 0.5) is 5.13 Å². The normalized spacial score (nSPS) is 12.1. The molecule has 17 heavy (non-hydrogen) atoms. The van der Waals surface area contributed by atoms with E-state index in [4.69, 9.17) is 5.73 Å². The van der Waals surface area contributed by atoms with Crippen molar-refractivity contribution in [1.82, 2.24) is 9.29 Å². The monoisotopic (exact) mass is 278 g/mol. The standard InChI is InChI=1S/C9H18N4O2S2/c1-7-8(2)16-9(11-7)12-17(14,15)13(3)6-4-5-10/h4-6,10H2,1-3H3,(H,11,12). The van der Waals surface area contributed by atoms with Crippen LogP contribution in [0.3, 0.4) is 0 Å². The zero-order valence-electron chi connectivity index (χ0n) is 10.2. The molecule has 1 aromatic rings. The van der Waals surface area contributed by atoms with Gasteiger partial charge in [0.1, 0.15) is 0 Å². The molecule has 0 amide bonds. The van der Waals surface area contributed by atoms with E-state index >= 15 is 0 Å². The van der Waals surface area contributed by atoms with Crippen LogP contribution < -0.4 is 10.5 Å². The molecule has 8 heteroatoms. The third kappa shape index (κ3) is 3.91. The fourth-order valence-corrected chi connectivity index (χ4v) is 3.08. The Morgan fingerprint density at radius 1 is 1.47 bits per heavy atom. The summed E-state index contributed by atoms with van der Waals surface area (Å²) in [5.41, 5.74) is 6.19. The van der Waals surface area contributed by atoms with Crippen molar-refractivity contribution in [3.8, 4) is 0 Å². The number of nitrogens with one attached hydrogen (secondary N) is 1. The minimum Gasteiger partial charge on any atom is -0.330 e. The molecule has 0 saturated carbocycles. The van der Waals surface area contributed by atoms with Crippen LogP contribution in [0.5, 0.6) is 0 Å². The molecule has 0 bridgehead atoms. The Morgan fingerprint density at radius 2 is 2.12 bits per heavy atom. The first-order valence-corrected chi connectivity index (χ1v) is 7.50. The lowest BCUT2D eigenvalue weighted by molar-refractivity contribution is 0.468. The molecule has 0 atom stereocenters. The highest BCUT2D eigenvalue weighted by Crippen LogP contribution is 2.22. The first-order chi connectivity index (χ1) is 7.86. The molecular formula is C9H18N4O2S2. The molecule has 6 nitrogen and oxygen atoms in total. The van der Waals surface area contributed by atoms with Gasteiger partial charge in [0.25, 0.3) is 0 Å². The summed E-state index contributed by atoms with van der Waals surface area (Å²) >= 11 is 1.33. The van der Waals surface area contributed by atoms with Gasteiger partial charge in [-0.3, -0.25) is 0 Å². The maximum Gasteiger partial charge on any atom is 0.303 e. The summed E-state index contributed by atoms with van der Waals surface area (Å²) in [6.45, 7) is 4.62. The number of hydrogen-bond donors (Lipinski definition) is 2. The molecule has 0 aromatic carbocycles. The van der Waals surface area contributed by atoms with Gasteiger partial charge >= 0.3 is 10.2 Å². The van der Waals surface area contributed by atoms with Crippen LogP contribution >= 0.6 is 11.3 Å². The van der Waals surface area contributed by atoms with Crippen molar-refractivity contribution in [3.63, 3.8) is 0 Å². The molecule has 1 rings (SSSR count). The Balaban J connectivity index is 2.72. The minimum absolute atomic E-state index is 0.398. The van der Waals surface area contributed by atoms with Gasteiger partial charge in [-0.05, 0) is 26.8 Å². The van der Waals surface area contributed by atoms with Gasteiger partial charge in [0.2, 0.25) is 0 Å². The lowest BCUT2D eigenvalue weighted by atomic mass is 10.4. The Hall–Kier alpha value is -0.700. The first kappa shape index (κ1) is 14.4. The Morgan fingerprint density at radius 3 is 2.59 bits per heavy atom. The Bertz CT molecular complexity index is 450. The maximum atomic E-state index is 11.9. The number of nitrogens with two attached hydrogens (primary N) is 1. The quantitative estimate of drug-likeness (QED) is 0.801. The third-order valence-corrected chi connectivity index (χ3v) is 4.90. The van der Waals surface area contributed by atoms with Gasteiger partial charge in [0, 0.05) is 18.5 Å². The highest BCUT2D eigenvalue weighted by molar-refractivity contribution is 7.90. The average molecular weight is 278 g/mol. The van der Waals surface area contributed by atoms with Crippen molar-refractivity contribution in [3.05, 3.63) is 10.6 Å². The molecule has 1 heterocycles. The number of thiazole rings is 1. The Kier molecular flexibility index (Phi) is 4.87. The summed E-state index contributed by atoms with van der Waals surface area (Å²) in [6.07, 6.45) is 0.632. The molecule has 0 fully saturated rings. The second-order valence-electron chi connectivity index (χ2n) is 3.73. The largest absolute Gasteiger partial charge is 0.330 e. The lowest BCUT2D eigenvalue weighted by Gasteiger charge is -2.16. The highest BCUT2D eigenvalue weighted by atomic mass is 32.2. The molecule has 0 aliphatic heterocycles. The highest BCUT2D eigenvalue weighted by Gasteiger charge is 2.18. The van der Waals surface area contributed by atoms with Gasteiger partial charge in [0.05, 0.1) is 5.69 Å². The van der Waals surface area contributed by atoms with E-state index in [0.717, 1.165) is 10.6 Å². The van der Waals surface area contributed by atoms with Gasteiger partial charge in [-0.2, -0.15) is 12.7 Å². The fraction of sp³-hybridized carbons (Fsp3) is 0.667. The summed E-state index contributed by atoms with van der Waals surface area (Å²) in [7, 11) is -1.99. The van der Waals surface area contributed by atoms with Crippen molar-refractivity contribution < 1.29 is 8.42 Å². The third-order valence-electron chi connectivity index (χ3n) is 2.33. The van der Waals surface area contributed by atoms with Crippen LogP contribution in [0.15, 0.2) is 0 Å². The molecule has 0 unspecified atom stereocenters. The van der Waals surface area contributed by atoms with Gasteiger partial charge < -0.3 is 5.73 Å². The summed E-state index contributed by atoms with van der Waals surface area (Å²) in [5, 5.41) is 0.402. The van der Waals surface area contributed by atoms with Crippen molar-refractivity contribution in [2.45, 2.75) is 20.3 Å². The predicted octanol–water partition coefficient (Wildman–Crippen LogP) is 0.697. The number of aromatic nitrogens is 1. The smallest absolute Gasteiger partial charge is 0.303 e. The summed E-state index contributed by atoms with van der Waals surface area (Å²) < 4.78 is 27.4. The Labute approximate surface area is 106 Å². The van der Waals surface area contributed by atoms with E-state index in [1.54, 1.807) is 0 Å². The number of rotatable bonds is 6. The average Bonchev–Trinajstić information content (AvgIpc) is 2.53. The van der Waals surface area contributed by atoms with Crippen molar-refractivity contribution in [2.75, 3.05) is 24.9 Å². The summed E-state index contributed by atoms with van der Waals surface area (Å²) in [4.78, 5) is 5.14. The molecule has 1 aromatic heterocycles. The van der Waals surface area contributed by atoms with Gasteiger partial charge in [-0.15, -0.1) is 11.3 Å². The fourth-order valence-electron chi connectivity index (χ4n) is 1.14. The zero-order chi connectivity index (χ0) is 13.1. The minimum atomic E-state index is -3.51. The van der Waals surface area contributed by atoms with Crippen molar-refractivity contribution in [1.29, 1.82) is 0 Å². The van der Waals surface area contributed by atoms with E-state index in [1.807, 2.05) is 13.8 Å². The van der Waals surface area contributed by atoms with Crippen molar-refractivity contribution >= 4 is 26.7 Å². The first-order valence-electron chi connectivity index (χ1n) is 5.25. The molecule has 0 radical (unpaired) electrons. The van der Waals surface area contributed by atoms with Crippen LogP contribution in [0.1, 0.15) is 17.0 Å². The van der Waals surface area contributed by atoms with E-state index in [-0.39, 0.29) is 0 Å². The van der Waals surface area contributed by atoms with E-state index in [9.17, 15) is 8.42 Å². The van der Waals surface area contributed by atoms with E-state index < -0.39 is 10.2 Å². The second kappa shape index (κ2) is 5.76. The number of hydrogen-bond acceptors (Lipinski definition) is 5. The van der Waals surface area contributed by atoms with E-state index in [1.165, 1.54) is 22.7 Å². The van der Waals surface area contributed by atoms with E-state index in [2.05, 4.69) is 9.71 Å². The van der Waals surface area contributed by atoms with Crippen molar-refractivity contribution in [2.24, 2.45) is 5.73 Å². The van der Waals surface area contributed by atoms with E-state index in [0.29, 0.717) is 24.6 Å². The summed E-state index contributed by atoms with van der Waals surface area (Å²) in [6, 6.07) is 0. The lowest BCUT2D eigenvalue weighted by Crippen LogP contribution is -2.34. The van der Waals surface area contributed by atoms with Crippen LogP contribution in [0.2, 0.25) is 0 Å². The molecule has 0 saturated heterocycles. The second-order valence-corrected chi connectivity index (χ2v) is 6.71. The topological polar surface area (TPSA) is 88.3 Å². The number of aryl methyl sites for hydroxylation is 2. The van der Waals surface area contributed by atoms with Gasteiger partial charge in [-0.1, -0.05) is 0 Å². The van der Waals surface area contributed by atoms with Gasteiger partial charge in [-0.25, -0.2) is 9.71 Å². The van der Waals surface area contributed by atoms with Crippen LogP contribution in [0, 0.1) is 13.8 Å². The number of nitrogens with zero attached hydrogens (tertiary/aromatic N) is 2. The molecule has 0 aliphatic carbocycles. The summed E-state index contributed by atoms with van der Waals surface area (Å²) in [5.74, 6) is 0. The molecule has 98 valence electrons.